The van der Waals surface area contributed by atoms with Crippen LogP contribution in [0.5, 0.6) is 11.5 Å². The molecule has 0 saturated heterocycles. The maximum Gasteiger partial charge on any atom is 0.259 e. The van der Waals surface area contributed by atoms with Gasteiger partial charge >= 0.3 is 0 Å². The number of nitrogens with two attached hydrogens (primary N) is 1. The van der Waals surface area contributed by atoms with Gasteiger partial charge in [0.05, 0.1) is 5.56 Å². The van der Waals surface area contributed by atoms with Gasteiger partial charge in [-0.05, 0) is 54.8 Å². The molecule has 27 heavy (non-hydrogen) atoms. The van der Waals surface area contributed by atoms with E-state index >= 15 is 0 Å². The molecule has 2 aromatic carbocycles. The summed E-state index contributed by atoms with van der Waals surface area (Å²) in [4.78, 5) is 16.6. The van der Waals surface area contributed by atoms with Crippen molar-refractivity contribution in [1.29, 1.82) is 0 Å². The van der Waals surface area contributed by atoms with Gasteiger partial charge in [-0.25, -0.2) is 4.98 Å². The summed E-state index contributed by atoms with van der Waals surface area (Å²) in [6.45, 7) is 6.13. The number of carbonyl (C=O) groups is 1. The Hall–Kier alpha value is -3.34. The van der Waals surface area contributed by atoms with Crippen LogP contribution in [0.2, 0.25) is 0 Å². The molecule has 3 rings (SSSR count). The molecule has 5 heteroatoms. The maximum atomic E-state index is 12.4. The Morgan fingerprint density at radius 1 is 1.04 bits per heavy atom. The number of nitrogen functional groups attached to an aromatic ring is 1. The second-order valence-electron chi connectivity index (χ2n) is 6.69. The highest BCUT2D eigenvalue weighted by Crippen LogP contribution is 2.26. The summed E-state index contributed by atoms with van der Waals surface area (Å²) in [7, 11) is 0. The SMILES string of the molecule is Cc1ccc(C(=O)Nc2cccc(Oc3ccc(C(C)C)cc3)c2)c(N)n1. The van der Waals surface area contributed by atoms with Crippen LogP contribution < -0.4 is 15.8 Å². The number of nitrogens with one attached hydrogen (secondary N) is 1. The molecule has 1 amide bonds. The molecule has 0 bridgehead atoms. The van der Waals surface area contributed by atoms with Crippen molar-refractivity contribution in [3.63, 3.8) is 0 Å². The highest BCUT2D eigenvalue weighted by atomic mass is 16.5. The number of hydrogen-bond donors (Lipinski definition) is 2. The molecule has 0 spiro atoms. The fraction of sp³-hybridized carbons (Fsp3) is 0.182. The van der Waals surface area contributed by atoms with E-state index in [-0.39, 0.29) is 11.7 Å². The third kappa shape index (κ3) is 4.64. The number of ether oxygens (including phenoxy) is 1. The molecule has 138 valence electrons. The van der Waals surface area contributed by atoms with Crippen LogP contribution in [0, 0.1) is 6.92 Å². The number of carbonyl (C=O) groups excluding carboxylic acids is 1. The number of hydrogen-bond acceptors (Lipinski definition) is 4. The minimum absolute atomic E-state index is 0.213. The molecule has 0 radical (unpaired) electrons. The smallest absolute Gasteiger partial charge is 0.259 e. The number of aryl methyl sites for hydroxylation is 1. The average Bonchev–Trinajstić information content (AvgIpc) is 2.62. The van der Waals surface area contributed by atoms with Gasteiger partial charge in [0.2, 0.25) is 0 Å². The molecule has 0 saturated carbocycles. The number of anilines is 2. The lowest BCUT2D eigenvalue weighted by molar-refractivity contribution is 0.102. The van der Waals surface area contributed by atoms with E-state index in [0.29, 0.717) is 22.9 Å². The Balaban J connectivity index is 1.72. The van der Waals surface area contributed by atoms with Gasteiger partial charge in [0, 0.05) is 17.4 Å². The lowest BCUT2D eigenvalue weighted by Gasteiger charge is -2.11. The van der Waals surface area contributed by atoms with Gasteiger partial charge in [-0.3, -0.25) is 4.79 Å². The number of nitrogens with zero attached hydrogens (tertiary/aromatic N) is 1. The van der Waals surface area contributed by atoms with E-state index < -0.39 is 0 Å². The Labute approximate surface area is 159 Å². The number of rotatable bonds is 5. The fourth-order valence-corrected chi connectivity index (χ4v) is 2.66. The maximum absolute atomic E-state index is 12.4. The van der Waals surface area contributed by atoms with E-state index in [9.17, 15) is 4.79 Å². The number of benzene rings is 2. The molecule has 3 aromatic rings. The van der Waals surface area contributed by atoms with Crippen LogP contribution in [0.4, 0.5) is 11.5 Å². The van der Waals surface area contributed by atoms with E-state index in [0.717, 1.165) is 11.4 Å². The fourth-order valence-electron chi connectivity index (χ4n) is 2.66. The molecule has 0 fully saturated rings. The predicted octanol–water partition coefficient (Wildman–Crippen LogP) is 5.14. The van der Waals surface area contributed by atoms with Crippen LogP contribution in [0.25, 0.3) is 0 Å². The normalized spacial score (nSPS) is 10.7. The quantitative estimate of drug-likeness (QED) is 0.659. The van der Waals surface area contributed by atoms with E-state index in [2.05, 4.69) is 36.3 Å². The molecule has 1 heterocycles. The summed E-state index contributed by atoms with van der Waals surface area (Å²) in [5.41, 5.74) is 8.83. The van der Waals surface area contributed by atoms with Crippen molar-refractivity contribution in [2.45, 2.75) is 26.7 Å². The van der Waals surface area contributed by atoms with E-state index in [1.807, 2.05) is 31.2 Å². The number of aromatic nitrogens is 1. The van der Waals surface area contributed by atoms with Crippen molar-refractivity contribution in [2.75, 3.05) is 11.1 Å². The van der Waals surface area contributed by atoms with Crippen LogP contribution in [-0.4, -0.2) is 10.9 Å². The molecule has 0 aliphatic carbocycles. The van der Waals surface area contributed by atoms with E-state index in [4.69, 9.17) is 10.5 Å². The van der Waals surface area contributed by atoms with Gasteiger partial charge in [-0.15, -0.1) is 0 Å². The van der Waals surface area contributed by atoms with Crippen molar-refractivity contribution < 1.29 is 9.53 Å². The van der Waals surface area contributed by atoms with Crippen molar-refractivity contribution in [1.82, 2.24) is 4.98 Å². The Bertz CT molecular complexity index is 950. The average molecular weight is 361 g/mol. The van der Waals surface area contributed by atoms with E-state index in [1.54, 1.807) is 24.3 Å². The minimum atomic E-state index is -0.307. The molecular formula is C22H23N3O2. The summed E-state index contributed by atoms with van der Waals surface area (Å²) in [6.07, 6.45) is 0. The molecule has 1 aromatic heterocycles. The lowest BCUT2D eigenvalue weighted by Crippen LogP contribution is -2.15. The first-order chi connectivity index (χ1) is 12.9. The first-order valence-electron chi connectivity index (χ1n) is 8.85. The summed E-state index contributed by atoms with van der Waals surface area (Å²) in [5, 5.41) is 2.83. The third-order valence-electron chi connectivity index (χ3n) is 4.18. The van der Waals surface area contributed by atoms with Crippen LogP contribution in [0.1, 0.15) is 41.4 Å². The van der Waals surface area contributed by atoms with Crippen LogP contribution in [0.15, 0.2) is 60.7 Å². The standard InChI is InChI=1S/C22H23N3O2/c1-14(2)16-8-10-18(11-9-16)27-19-6-4-5-17(13-19)25-22(26)20-12-7-15(3)24-21(20)23/h4-14H,1-3H3,(H2,23,24)(H,25,26). The van der Waals surface area contributed by atoms with Gasteiger partial charge < -0.3 is 15.8 Å². The number of amides is 1. The van der Waals surface area contributed by atoms with Crippen LogP contribution in [-0.2, 0) is 0 Å². The van der Waals surface area contributed by atoms with E-state index in [1.165, 1.54) is 5.56 Å². The monoisotopic (exact) mass is 361 g/mol. The molecule has 0 aliphatic heterocycles. The van der Waals surface area contributed by atoms with Gasteiger partial charge in [0.1, 0.15) is 17.3 Å². The number of pyridine rings is 1. The summed E-state index contributed by atoms with van der Waals surface area (Å²) in [6, 6.07) is 18.7. The zero-order valence-electron chi connectivity index (χ0n) is 15.7. The Morgan fingerprint density at radius 3 is 2.44 bits per heavy atom. The van der Waals surface area contributed by atoms with Gasteiger partial charge in [-0.2, -0.15) is 0 Å². The Morgan fingerprint density at radius 2 is 1.78 bits per heavy atom. The minimum Gasteiger partial charge on any atom is -0.457 e. The largest absolute Gasteiger partial charge is 0.457 e. The second kappa shape index (κ2) is 7.91. The highest BCUT2D eigenvalue weighted by molar-refractivity contribution is 6.07. The highest BCUT2D eigenvalue weighted by Gasteiger charge is 2.11. The van der Waals surface area contributed by atoms with Gasteiger partial charge in [0.25, 0.3) is 5.91 Å². The summed E-state index contributed by atoms with van der Waals surface area (Å²) in [5.74, 6) is 1.76. The zero-order chi connectivity index (χ0) is 19.4. The van der Waals surface area contributed by atoms with Crippen molar-refractivity contribution in [3.8, 4) is 11.5 Å². The molecule has 5 nitrogen and oxygen atoms in total. The molecular weight excluding hydrogens is 338 g/mol. The molecule has 0 aliphatic rings. The van der Waals surface area contributed by atoms with Crippen molar-refractivity contribution >= 4 is 17.4 Å². The Kier molecular flexibility index (Phi) is 5.41. The molecule has 0 atom stereocenters. The summed E-state index contributed by atoms with van der Waals surface area (Å²) < 4.78 is 5.89. The zero-order valence-corrected chi connectivity index (χ0v) is 15.7. The van der Waals surface area contributed by atoms with Gasteiger partial charge in [0.15, 0.2) is 0 Å². The summed E-state index contributed by atoms with van der Waals surface area (Å²) >= 11 is 0. The topological polar surface area (TPSA) is 77.2 Å². The van der Waals surface area contributed by atoms with Gasteiger partial charge in [-0.1, -0.05) is 32.0 Å². The first-order valence-corrected chi connectivity index (χ1v) is 8.85. The molecule has 0 unspecified atom stereocenters. The predicted molar refractivity (Wildman–Crippen MR) is 108 cm³/mol. The lowest BCUT2D eigenvalue weighted by atomic mass is 10.0. The van der Waals surface area contributed by atoms with Crippen LogP contribution in [0.3, 0.4) is 0 Å². The van der Waals surface area contributed by atoms with Crippen molar-refractivity contribution in [2.24, 2.45) is 0 Å². The van der Waals surface area contributed by atoms with Crippen molar-refractivity contribution in [3.05, 3.63) is 77.5 Å². The second-order valence-corrected chi connectivity index (χ2v) is 6.69. The van der Waals surface area contributed by atoms with Crippen LogP contribution >= 0.6 is 0 Å². The first kappa shape index (κ1) is 18.5. The third-order valence-corrected chi connectivity index (χ3v) is 4.18. The molecule has 3 N–H and O–H groups in total.